The van der Waals surface area contributed by atoms with E-state index in [1.165, 1.54) is 13.2 Å². The zero-order chi connectivity index (χ0) is 15.4. The molecule has 0 saturated heterocycles. The molecule has 0 bridgehead atoms. The molecule has 1 aromatic carbocycles. The summed E-state index contributed by atoms with van der Waals surface area (Å²) < 4.78 is 10.3. The second-order valence-electron chi connectivity index (χ2n) is 4.50. The molecule has 0 atom stereocenters. The van der Waals surface area contributed by atoms with Crippen molar-refractivity contribution in [3.63, 3.8) is 0 Å². The average Bonchev–Trinajstić information content (AvgIpc) is 2.86. The largest absolute Gasteiger partial charge is 0.507 e. The number of hydrogen-bond donors (Lipinski definition) is 2. The minimum atomic E-state index is -0.357. The summed E-state index contributed by atoms with van der Waals surface area (Å²) >= 11 is 5.74. The first kappa shape index (κ1) is 15.3. The van der Waals surface area contributed by atoms with Crippen LogP contribution in [0.1, 0.15) is 27.4 Å². The number of aromatic hydroxyl groups is 1. The van der Waals surface area contributed by atoms with Gasteiger partial charge in [-0.1, -0.05) is 0 Å². The lowest BCUT2D eigenvalue weighted by atomic mass is 10.2. The van der Waals surface area contributed by atoms with Crippen LogP contribution in [0.2, 0.25) is 0 Å². The molecule has 0 saturated carbocycles. The number of phenols is 1. The second kappa shape index (κ2) is 6.54. The highest BCUT2D eigenvalue weighted by Crippen LogP contribution is 2.23. The summed E-state index contributed by atoms with van der Waals surface area (Å²) in [7, 11) is 1.52. The predicted octanol–water partition coefficient (Wildman–Crippen LogP) is 2.97. The van der Waals surface area contributed by atoms with E-state index < -0.39 is 0 Å². The van der Waals surface area contributed by atoms with Gasteiger partial charge in [0, 0.05) is 23.7 Å². The molecule has 0 fully saturated rings. The molecule has 0 spiro atoms. The first-order valence-corrected chi connectivity index (χ1v) is 6.88. The van der Waals surface area contributed by atoms with Crippen LogP contribution in [0, 0.1) is 6.92 Å². The topological polar surface area (TPSA) is 71.7 Å². The fraction of sp³-hybridized carbons (Fsp3) is 0.267. The molecule has 0 aliphatic heterocycles. The number of phenolic OH excluding ortho intramolecular Hbond substituents is 1. The molecule has 2 N–H and O–H groups in total. The zero-order valence-electron chi connectivity index (χ0n) is 11.8. The van der Waals surface area contributed by atoms with Gasteiger partial charge in [0.25, 0.3) is 5.91 Å². The number of rotatable bonds is 5. The minimum absolute atomic E-state index is 0.0618. The number of nitrogens with one attached hydrogen (secondary N) is 1. The van der Waals surface area contributed by atoms with Crippen molar-refractivity contribution in [2.45, 2.75) is 19.3 Å². The molecule has 1 aromatic heterocycles. The van der Waals surface area contributed by atoms with Gasteiger partial charge in [0.15, 0.2) is 5.76 Å². The van der Waals surface area contributed by atoms with Gasteiger partial charge in [-0.3, -0.25) is 4.79 Å². The van der Waals surface area contributed by atoms with Crippen LogP contribution in [-0.2, 0) is 12.4 Å². The van der Waals surface area contributed by atoms with E-state index in [1.807, 2.05) is 0 Å². The standard InChI is InChI=1S/C15H16ClNO4/c1-9-11(7-16)5-14(21-9)15(19)17-8-10-3-4-12(20-2)6-13(10)18/h3-6,18H,7-8H2,1-2H3,(H,17,19). The van der Waals surface area contributed by atoms with Crippen molar-refractivity contribution in [1.82, 2.24) is 5.32 Å². The van der Waals surface area contributed by atoms with Crippen molar-refractivity contribution in [3.05, 3.63) is 46.9 Å². The van der Waals surface area contributed by atoms with Crippen LogP contribution >= 0.6 is 11.6 Å². The van der Waals surface area contributed by atoms with Crippen molar-refractivity contribution >= 4 is 17.5 Å². The lowest BCUT2D eigenvalue weighted by Crippen LogP contribution is -2.22. The monoisotopic (exact) mass is 309 g/mol. The number of hydrogen-bond acceptors (Lipinski definition) is 4. The molecular weight excluding hydrogens is 294 g/mol. The van der Waals surface area contributed by atoms with Crippen LogP contribution in [-0.4, -0.2) is 18.1 Å². The molecule has 2 rings (SSSR count). The number of furan rings is 1. The molecule has 1 heterocycles. The summed E-state index contributed by atoms with van der Waals surface area (Å²) in [6.45, 7) is 1.94. The molecule has 21 heavy (non-hydrogen) atoms. The highest BCUT2D eigenvalue weighted by molar-refractivity contribution is 6.17. The molecule has 0 radical (unpaired) electrons. The number of methoxy groups -OCH3 is 1. The second-order valence-corrected chi connectivity index (χ2v) is 4.77. The third-order valence-electron chi connectivity index (χ3n) is 3.12. The molecule has 0 aliphatic rings. The van der Waals surface area contributed by atoms with Gasteiger partial charge in [-0.05, 0) is 25.1 Å². The third-order valence-corrected chi connectivity index (χ3v) is 3.41. The fourth-order valence-electron chi connectivity index (χ4n) is 1.85. The Morgan fingerprint density at radius 1 is 1.38 bits per heavy atom. The number of carbonyl (C=O) groups excluding carboxylic acids is 1. The van der Waals surface area contributed by atoms with Gasteiger partial charge in [-0.15, -0.1) is 11.6 Å². The minimum Gasteiger partial charge on any atom is -0.507 e. The van der Waals surface area contributed by atoms with Gasteiger partial charge in [-0.25, -0.2) is 0 Å². The van der Waals surface area contributed by atoms with E-state index in [0.29, 0.717) is 23.0 Å². The highest BCUT2D eigenvalue weighted by atomic mass is 35.5. The molecule has 5 nitrogen and oxygen atoms in total. The Bertz CT molecular complexity index is 651. The van der Waals surface area contributed by atoms with E-state index in [4.69, 9.17) is 20.8 Å². The summed E-state index contributed by atoms with van der Waals surface area (Å²) in [5.41, 5.74) is 1.37. The molecule has 1 amide bonds. The maximum atomic E-state index is 12.0. The fourth-order valence-corrected chi connectivity index (χ4v) is 2.11. The van der Waals surface area contributed by atoms with Crippen LogP contribution < -0.4 is 10.1 Å². The summed E-state index contributed by atoms with van der Waals surface area (Å²) in [4.78, 5) is 12.0. The summed E-state index contributed by atoms with van der Waals surface area (Å²) in [6.07, 6.45) is 0. The van der Waals surface area contributed by atoms with E-state index in [-0.39, 0.29) is 24.0 Å². The first-order chi connectivity index (χ1) is 10.0. The van der Waals surface area contributed by atoms with Gasteiger partial charge in [-0.2, -0.15) is 0 Å². The van der Waals surface area contributed by atoms with Gasteiger partial charge < -0.3 is 19.6 Å². The van der Waals surface area contributed by atoms with Gasteiger partial charge >= 0.3 is 0 Å². The van der Waals surface area contributed by atoms with Gasteiger partial charge in [0.1, 0.15) is 17.3 Å². The Morgan fingerprint density at radius 3 is 2.71 bits per heavy atom. The quantitative estimate of drug-likeness (QED) is 0.833. The van der Waals surface area contributed by atoms with Crippen molar-refractivity contribution in [2.75, 3.05) is 7.11 Å². The summed E-state index contributed by atoms with van der Waals surface area (Å²) in [5, 5.41) is 12.5. The molecule has 2 aromatic rings. The van der Waals surface area contributed by atoms with Crippen LogP contribution in [0.5, 0.6) is 11.5 Å². The Labute approximate surface area is 127 Å². The van der Waals surface area contributed by atoms with E-state index in [1.54, 1.807) is 25.1 Å². The number of benzene rings is 1. The van der Waals surface area contributed by atoms with Crippen molar-refractivity contribution in [1.29, 1.82) is 0 Å². The molecule has 112 valence electrons. The lowest BCUT2D eigenvalue weighted by molar-refractivity contribution is 0.0921. The van der Waals surface area contributed by atoms with E-state index in [9.17, 15) is 9.90 Å². The number of alkyl halides is 1. The molecular formula is C15H16ClNO4. The predicted molar refractivity (Wildman–Crippen MR) is 78.8 cm³/mol. The smallest absolute Gasteiger partial charge is 0.287 e. The number of ether oxygens (including phenoxy) is 1. The van der Waals surface area contributed by atoms with E-state index >= 15 is 0 Å². The zero-order valence-corrected chi connectivity index (χ0v) is 12.5. The number of carbonyl (C=O) groups is 1. The summed E-state index contributed by atoms with van der Waals surface area (Å²) in [5.74, 6) is 1.38. The van der Waals surface area contributed by atoms with Crippen molar-refractivity contribution < 1.29 is 19.1 Å². The van der Waals surface area contributed by atoms with E-state index in [0.717, 1.165) is 5.56 Å². The first-order valence-electron chi connectivity index (χ1n) is 6.34. The summed E-state index contributed by atoms with van der Waals surface area (Å²) in [6, 6.07) is 6.51. The lowest BCUT2D eigenvalue weighted by Gasteiger charge is -2.07. The SMILES string of the molecule is COc1ccc(CNC(=O)c2cc(CCl)c(C)o2)c(O)c1. The Hall–Kier alpha value is -2.14. The Balaban J connectivity index is 2.03. The van der Waals surface area contributed by atoms with Crippen molar-refractivity contribution in [3.8, 4) is 11.5 Å². The third kappa shape index (κ3) is 3.49. The van der Waals surface area contributed by atoms with Crippen LogP contribution in [0.25, 0.3) is 0 Å². The molecule has 6 heteroatoms. The van der Waals surface area contributed by atoms with Crippen LogP contribution in [0.3, 0.4) is 0 Å². The number of halogens is 1. The van der Waals surface area contributed by atoms with Crippen LogP contribution in [0.15, 0.2) is 28.7 Å². The van der Waals surface area contributed by atoms with E-state index in [2.05, 4.69) is 5.32 Å². The molecule has 0 unspecified atom stereocenters. The Kier molecular flexibility index (Phi) is 4.75. The maximum absolute atomic E-state index is 12.0. The van der Waals surface area contributed by atoms with Gasteiger partial charge in [0.05, 0.1) is 13.0 Å². The highest BCUT2D eigenvalue weighted by Gasteiger charge is 2.14. The number of amides is 1. The normalized spacial score (nSPS) is 10.4. The average molecular weight is 310 g/mol. The van der Waals surface area contributed by atoms with Crippen molar-refractivity contribution in [2.24, 2.45) is 0 Å². The van der Waals surface area contributed by atoms with Gasteiger partial charge in [0.2, 0.25) is 0 Å². The maximum Gasteiger partial charge on any atom is 0.287 e. The number of aryl methyl sites for hydroxylation is 1. The Morgan fingerprint density at radius 2 is 2.14 bits per heavy atom. The van der Waals surface area contributed by atoms with Crippen LogP contribution in [0.4, 0.5) is 0 Å². The molecule has 0 aliphatic carbocycles.